The van der Waals surface area contributed by atoms with E-state index in [1.165, 1.54) is 25.7 Å². The third kappa shape index (κ3) is 2.14. The highest BCUT2D eigenvalue weighted by Crippen LogP contribution is 2.44. The molecule has 3 nitrogen and oxygen atoms in total. The average molecular weight is 226 g/mol. The Labute approximate surface area is 95.3 Å². The van der Waals surface area contributed by atoms with Crippen molar-refractivity contribution in [3.63, 3.8) is 0 Å². The molecule has 84 valence electrons. The van der Waals surface area contributed by atoms with Gasteiger partial charge in [-0.05, 0) is 37.4 Å². The topological polar surface area (TPSA) is 41.8 Å². The Balaban J connectivity index is 2.29. The van der Waals surface area contributed by atoms with Crippen LogP contribution in [-0.2, 0) is 5.41 Å². The molecular weight excluding hydrogens is 208 g/mol. The van der Waals surface area contributed by atoms with Crippen molar-refractivity contribution in [1.82, 2.24) is 10.2 Å². The van der Waals surface area contributed by atoms with Gasteiger partial charge in [-0.25, -0.2) is 5.10 Å². The van der Waals surface area contributed by atoms with Gasteiger partial charge >= 0.3 is 0 Å². The van der Waals surface area contributed by atoms with Gasteiger partial charge in [-0.3, -0.25) is 0 Å². The van der Waals surface area contributed by atoms with Crippen LogP contribution >= 0.6 is 12.2 Å². The van der Waals surface area contributed by atoms with E-state index in [1.807, 2.05) is 0 Å². The summed E-state index contributed by atoms with van der Waals surface area (Å²) in [6.45, 7) is 4.50. The van der Waals surface area contributed by atoms with Gasteiger partial charge in [0.2, 0.25) is 5.89 Å². The maximum Gasteiger partial charge on any atom is 0.284 e. The van der Waals surface area contributed by atoms with Crippen molar-refractivity contribution in [3.05, 3.63) is 10.7 Å². The van der Waals surface area contributed by atoms with E-state index in [1.54, 1.807) is 0 Å². The second-order valence-corrected chi connectivity index (χ2v) is 5.37. The van der Waals surface area contributed by atoms with Crippen molar-refractivity contribution in [2.75, 3.05) is 0 Å². The summed E-state index contributed by atoms with van der Waals surface area (Å²) in [6.07, 6.45) is 6.09. The van der Waals surface area contributed by atoms with Gasteiger partial charge in [-0.15, -0.1) is 5.10 Å². The number of rotatable bonds is 3. The molecule has 1 aromatic heterocycles. The molecule has 0 unspecified atom stereocenters. The van der Waals surface area contributed by atoms with Crippen molar-refractivity contribution in [2.45, 2.75) is 51.4 Å². The Hall–Kier alpha value is -0.640. The number of nitrogens with one attached hydrogen (secondary N) is 1. The first-order valence-corrected chi connectivity index (χ1v) is 6.09. The molecule has 1 aromatic rings. The summed E-state index contributed by atoms with van der Waals surface area (Å²) in [5.74, 6) is 1.50. The van der Waals surface area contributed by atoms with Crippen LogP contribution in [0.15, 0.2) is 4.42 Å². The highest BCUT2D eigenvalue weighted by atomic mass is 32.1. The van der Waals surface area contributed by atoms with Crippen LogP contribution in [0.25, 0.3) is 0 Å². The van der Waals surface area contributed by atoms with E-state index >= 15 is 0 Å². The van der Waals surface area contributed by atoms with Gasteiger partial charge in [-0.2, -0.15) is 0 Å². The molecule has 1 N–H and O–H groups in total. The zero-order valence-corrected chi connectivity index (χ0v) is 10.2. The predicted molar refractivity (Wildman–Crippen MR) is 61.3 cm³/mol. The molecule has 0 aromatic carbocycles. The molecule has 0 amide bonds. The van der Waals surface area contributed by atoms with Crippen molar-refractivity contribution >= 4 is 12.2 Å². The highest BCUT2D eigenvalue weighted by molar-refractivity contribution is 7.71. The number of hydrogen-bond donors (Lipinski definition) is 1. The first kappa shape index (κ1) is 10.9. The van der Waals surface area contributed by atoms with E-state index in [4.69, 9.17) is 16.6 Å². The molecule has 2 rings (SSSR count). The lowest BCUT2D eigenvalue weighted by atomic mass is 9.78. The minimum atomic E-state index is 0.154. The van der Waals surface area contributed by atoms with E-state index in [2.05, 4.69) is 24.0 Å². The summed E-state index contributed by atoms with van der Waals surface area (Å²) in [5, 5.41) is 6.97. The summed E-state index contributed by atoms with van der Waals surface area (Å²) in [5.41, 5.74) is 0.154. The molecule has 1 saturated carbocycles. The number of aromatic nitrogens is 2. The van der Waals surface area contributed by atoms with E-state index in [0.717, 1.165) is 12.3 Å². The van der Waals surface area contributed by atoms with Gasteiger partial charge in [0.05, 0.1) is 0 Å². The third-order valence-corrected chi connectivity index (χ3v) is 3.43. The lowest BCUT2D eigenvalue weighted by Gasteiger charge is -2.26. The average Bonchev–Trinajstić information content (AvgIpc) is 2.73. The summed E-state index contributed by atoms with van der Waals surface area (Å²) in [4.78, 5) is 0.403. The van der Waals surface area contributed by atoms with Crippen LogP contribution in [0.4, 0.5) is 0 Å². The van der Waals surface area contributed by atoms with Crippen LogP contribution in [0.3, 0.4) is 0 Å². The number of hydrogen-bond acceptors (Lipinski definition) is 3. The first-order chi connectivity index (χ1) is 7.12. The molecule has 4 heteroatoms. The van der Waals surface area contributed by atoms with Gasteiger partial charge in [0.15, 0.2) is 0 Å². The largest absolute Gasteiger partial charge is 0.414 e. The monoisotopic (exact) mass is 226 g/mol. The summed E-state index contributed by atoms with van der Waals surface area (Å²) in [6, 6.07) is 0. The van der Waals surface area contributed by atoms with Crippen LogP contribution in [-0.4, -0.2) is 10.2 Å². The normalized spacial score (nSPS) is 19.9. The second kappa shape index (κ2) is 4.08. The summed E-state index contributed by atoms with van der Waals surface area (Å²) in [7, 11) is 0. The van der Waals surface area contributed by atoms with Crippen LogP contribution in [0, 0.1) is 10.8 Å². The molecule has 0 spiro atoms. The molecule has 0 saturated heterocycles. The van der Waals surface area contributed by atoms with Crippen LogP contribution in [0.5, 0.6) is 0 Å². The van der Waals surface area contributed by atoms with Crippen LogP contribution < -0.4 is 0 Å². The Morgan fingerprint density at radius 3 is 2.60 bits per heavy atom. The standard InChI is InChI=1S/C11H18N2OS/c1-8(2)7-11(5-3-4-6-11)9-12-13-10(15)14-9/h8H,3-7H2,1-2H3,(H,13,15). The molecule has 0 radical (unpaired) electrons. The number of aromatic amines is 1. The van der Waals surface area contributed by atoms with Gasteiger partial charge in [0.1, 0.15) is 0 Å². The molecule has 1 fully saturated rings. The predicted octanol–water partition coefficient (Wildman–Crippen LogP) is 3.59. The number of H-pyrrole nitrogens is 1. The lowest BCUT2D eigenvalue weighted by molar-refractivity contribution is 0.271. The maximum atomic E-state index is 5.52. The lowest BCUT2D eigenvalue weighted by Crippen LogP contribution is -2.24. The molecular formula is C11H18N2OS. The van der Waals surface area contributed by atoms with E-state index in [-0.39, 0.29) is 5.41 Å². The number of nitrogens with zero attached hydrogens (tertiary/aromatic N) is 1. The molecule has 1 aliphatic carbocycles. The van der Waals surface area contributed by atoms with Gasteiger partial charge < -0.3 is 4.42 Å². The second-order valence-electron chi connectivity index (χ2n) is 5.00. The van der Waals surface area contributed by atoms with E-state index < -0.39 is 0 Å². The molecule has 15 heavy (non-hydrogen) atoms. The van der Waals surface area contributed by atoms with Crippen molar-refractivity contribution in [2.24, 2.45) is 5.92 Å². The fourth-order valence-corrected chi connectivity index (χ4v) is 2.92. The Morgan fingerprint density at radius 1 is 1.47 bits per heavy atom. The minimum Gasteiger partial charge on any atom is -0.414 e. The van der Waals surface area contributed by atoms with Gasteiger partial charge in [0.25, 0.3) is 4.84 Å². The molecule has 0 atom stereocenters. The smallest absolute Gasteiger partial charge is 0.284 e. The third-order valence-electron chi connectivity index (χ3n) is 3.25. The fraction of sp³-hybridized carbons (Fsp3) is 0.818. The maximum absolute atomic E-state index is 5.52. The molecule has 0 aliphatic heterocycles. The van der Waals surface area contributed by atoms with E-state index in [9.17, 15) is 0 Å². The van der Waals surface area contributed by atoms with Crippen molar-refractivity contribution < 1.29 is 4.42 Å². The molecule has 0 bridgehead atoms. The summed E-state index contributed by atoms with van der Waals surface area (Å²) >= 11 is 4.95. The highest BCUT2D eigenvalue weighted by Gasteiger charge is 2.40. The Bertz CT molecular complexity index is 374. The van der Waals surface area contributed by atoms with Crippen LogP contribution in [0.1, 0.15) is 51.8 Å². The van der Waals surface area contributed by atoms with Crippen molar-refractivity contribution in [1.29, 1.82) is 0 Å². The SMILES string of the molecule is CC(C)CC1(c2n[nH]c(=S)o2)CCCC1. The van der Waals surface area contributed by atoms with Gasteiger partial charge in [-0.1, -0.05) is 26.7 Å². The zero-order chi connectivity index (χ0) is 10.9. The quantitative estimate of drug-likeness (QED) is 0.801. The van der Waals surface area contributed by atoms with Crippen LogP contribution in [0.2, 0.25) is 0 Å². The van der Waals surface area contributed by atoms with E-state index in [0.29, 0.717) is 10.8 Å². The zero-order valence-electron chi connectivity index (χ0n) is 9.38. The first-order valence-electron chi connectivity index (χ1n) is 5.68. The molecule has 1 heterocycles. The fourth-order valence-electron chi connectivity index (χ4n) is 2.80. The Kier molecular flexibility index (Phi) is 2.96. The minimum absolute atomic E-state index is 0.154. The van der Waals surface area contributed by atoms with Gasteiger partial charge in [0, 0.05) is 5.41 Å². The summed E-state index contributed by atoms with van der Waals surface area (Å²) < 4.78 is 5.52. The molecule has 1 aliphatic rings. The Morgan fingerprint density at radius 2 is 2.13 bits per heavy atom. The van der Waals surface area contributed by atoms with Crippen molar-refractivity contribution in [3.8, 4) is 0 Å².